The topological polar surface area (TPSA) is 59.8 Å². The summed E-state index contributed by atoms with van der Waals surface area (Å²) in [5.74, 6) is -0.480. The lowest BCUT2D eigenvalue weighted by Gasteiger charge is -2.07. The molecule has 0 bridgehead atoms. The molecule has 2 aromatic heterocycles. The van der Waals surface area contributed by atoms with Crippen LogP contribution in [0.2, 0.25) is 0 Å². The molecule has 2 heterocycles. The van der Waals surface area contributed by atoms with Gasteiger partial charge in [0.05, 0.1) is 33.8 Å². The summed E-state index contributed by atoms with van der Waals surface area (Å²) in [6.07, 6.45) is 2.27. The average Bonchev–Trinajstić information content (AvgIpc) is 3.35. The molecule has 4 aromatic rings. The van der Waals surface area contributed by atoms with Crippen LogP contribution >= 0.6 is 11.3 Å². The summed E-state index contributed by atoms with van der Waals surface area (Å²) in [5.41, 5.74) is 5.16. The fourth-order valence-corrected chi connectivity index (χ4v) is 3.85. The average molecular weight is 421 g/mol. The Balaban J connectivity index is 1.35. The molecular weight excluding hydrogens is 399 g/mol. The van der Waals surface area contributed by atoms with Crippen molar-refractivity contribution in [1.82, 2.24) is 20.1 Å². The van der Waals surface area contributed by atoms with E-state index in [2.05, 4.69) is 45.0 Å². The molecular formula is C23H21FN4OS. The van der Waals surface area contributed by atoms with E-state index in [4.69, 9.17) is 0 Å². The van der Waals surface area contributed by atoms with Gasteiger partial charge in [0.25, 0.3) is 5.91 Å². The number of carbonyl (C=O) groups excluding carboxylic acids is 1. The zero-order valence-corrected chi connectivity index (χ0v) is 17.5. The van der Waals surface area contributed by atoms with Crippen molar-refractivity contribution >= 4 is 17.2 Å². The molecule has 5 nitrogen and oxygen atoms in total. The number of aromatic nitrogens is 3. The van der Waals surface area contributed by atoms with E-state index in [0.29, 0.717) is 23.5 Å². The molecule has 152 valence electrons. The Morgan fingerprint density at radius 2 is 1.83 bits per heavy atom. The molecule has 1 amide bonds. The zero-order valence-electron chi connectivity index (χ0n) is 16.7. The molecule has 0 aliphatic rings. The highest BCUT2D eigenvalue weighted by Crippen LogP contribution is 2.22. The quantitative estimate of drug-likeness (QED) is 0.491. The summed E-state index contributed by atoms with van der Waals surface area (Å²) in [6.45, 7) is 4.34. The number of nitrogens with one attached hydrogen (secondary N) is 1. The van der Waals surface area contributed by atoms with E-state index in [1.54, 1.807) is 34.3 Å². The van der Waals surface area contributed by atoms with E-state index in [-0.39, 0.29) is 11.7 Å². The van der Waals surface area contributed by atoms with E-state index in [1.165, 1.54) is 12.1 Å². The number of halogens is 1. The van der Waals surface area contributed by atoms with Gasteiger partial charge in [0, 0.05) is 17.5 Å². The molecule has 1 N–H and O–H groups in total. The molecule has 2 aromatic carbocycles. The molecule has 0 aliphatic heterocycles. The standard InChI is InChI=1S/C23H21FN4OS/c1-15-21(13-26-28(15)20-9-7-19(24)8-10-20)23(29)25-12-11-17-3-5-18(6-4-17)22-14-30-16(2)27-22/h3-10,13-14H,11-12H2,1-2H3,(H,25,29). The summed E-state index contributed by atoms with van der Waals surface area (Å²) in [5, 5.41) is 10.3. The number of amides is 1. The number of thiazole rings is 1. The van der Waals surface area contributed by atoms with Crippen LogP contribution in [0.25, 0.3) is 16.9 Å². The molecule has 0 fully saturated rings. The van der Waals surface area contributed by atoms with E-state index in [9.17, 15) is 9.18 Å². The van der Waals surface area contributed by atoms with Crippen LogP contribution in [0.5, 0.6) is 0 Å². The maximum atomic E-state index is 13.1. The Bertz CT molecular complexity index is 1160. The molecule has 0 atom stereocenters. The number of hydrogen-bond donors (Lipinski definition) is 1. The van der Waals surface area contributed by atoms with Crippen molar-refractivity contribution in [2.45, 2.75) is 20.3 Å². The van der Waals surface area contributed by atoms with Gasteiger partial charge in [-0.15, -0.1) is 11.3 Å². The minimum atomic E-state index is -0.309. The third-order valence-corrected chi connectivity index (χ3v) is 5.67. The van der Waals surface area contributed by atoms with Crippen LogP contribution in [-0.4, -0.2) is 27.2 Å². The highest BCUT2D eigenvalue weighted by atomic mass is 32.1. The van der Waals surface area contributed by atoms with Gasteiger partial charge in [-0.2, -0.15) is 5.10 Å². The predicted octanol–water partition coefficient (Wildman–Crippen LogP) is 4.72. The van der Waals surface area contributed by atoms with Gasteiger partial charge in [-0.3, -0.25) is 4.79 Å². The number of aryl methyl sites for hydroxylation is 1. The normalized spacial score (nSPS) is 10.9. The zero-order chi connectivity index (χ0) is 21.1. The first-order valence-electron chi connectivity index (χ1n) is 9.61. The Morgan fingerprint density at radius 3 is 2.50 bits per heavy atom. The molecule has 0 unspecified atom stereocenters. The van der Waals surface area contributed by atoms with E-state index in [0.717, 1.165) is 28.2 Å². The van der Waals surface area contributed by atoms with Gasteiger partial charge in [-0.05, 0) is 50.1 Å². The lowest BCUT2D eigenvalue weighted by atomic mass is 10.1. The van der Waals surface area contributed by atoms with Gasteiger partial charge in [0.2, 0.25) is 0 Å². The fourth-order valence-electron chi connectivity index (χ4n) is 3.23. The Labute approximate surface area is 178 Å². The van der Waals surface area contributed by atoms with Crippen LogP contribution < -0.4 is 5.32 Å². The van der Waals surface area contributed by atoms with Crippen molar-refractivity contribution < 1.29 is 9.18 Å². The van der Waals surface area contributed by atoms with E-state index >= 15 is 0 Å². The highest BCUT2D eigenvalue weighted by molar-refractivity contribution is 7.09. The summed E-state index contributed by atoms with van der Waals surface area (Å²) in [7, 11) is 0. The van der Waals surface area contributed by atoms with Crippen LogP contribution in [0.3, 0.4) is 0 Å². The maximum Gasteiger partial charge on any atom is 0.254 e. The van der Waals surface area contributed by atoms with Crippen molar-refractivity contribution in [3.05, 3.63) is 87.8 Å². The van der Waals surface area contributed by atoms with Crippen LogP contribution in [0.4, 0.5) is 4.39 Å². The maximum absolute atomic E-state index is 13.1. The second kappa shape index (κ2) is 8.59. The van der Waals surface area contributed by atoms with Crippen molar-refractivity contribution in [2.75, 3.05) is 6.54 Å². The van der Waals surface area contributed by atoms with Crippen molar-refractivity contribution in [3.8, 4) is 16.9 Å². The Kier molecular flexibility index (Phi) is 5.72. The van der Waals surface area contributed by atoms with Crippen LogP contribution in [0, 0.1) is 19.7 Å². The minimum Gasteiger partial charge on any atom is -0.352 e. The second-order valence-corrected chi connectivity index (χ2v) is 8.05. The summed E-state index contributed by atoms with van der Waals surface area (Å²) < 4.78 is 14.8. The van der Waals surface area contributed by atoms with Gasteiger partial charge < -0.3 is 5.32 Å². The molecule has 7 heteroatoms. The molecule has 0 aliphatic carbocycles. The summed E-state index contributed by atoms with van der Waals surface area (Å²) >= 11 is 1.64. The van der Waals surface area contributed by atoms with Crippen molar-refractivity contribution in [2.24, 2.45) is 0 Å². The highest BCUT2D eigenvalue weighted by Gasteiger charge is 2.15. The number of carbonyl (C=O) groups is 1. The summed E-state index contributed by atoms with van der Waals surface area (Å²) in [4.78, 5) is 17.1. The van der Waals surface area contributed by atoms with Gasteiger partial charge in [-0.1, -0.05) is 24.3 Å². The van der Waals surface area contributed by atoms with E-state index in [1.807, 2.05) is 13.8 Å². The van der Waals surface area contributed by atoms with E-state index < -0.39 is 0 Å². The minimum absolute atomic E-state index is 0.171. The van der Waals surface area contributed by atoms with Gasteiger partial charge in [-0.25, -0.2) is 14.1 Å². The monoisotopic (exact) mass is 420 g/mol. The summed E-state index contributed by atoms with van der Waals surface area (Å²) in [6, 6.07) is 14.3. The lowest BCUT2D eigenvalue weighted by Crippen LogP contribution is -2.26. The third kappa shape index (κ3) is 4.31. The van der Waals surface area contributed by atoms with Crippen molar-refractivity contribution in [3.63, 3.8) is 0 Å². The van der Waals surface area contributed by atoms with Crippen LogP contribution in [-0.2, 0) is 6.42 Å². The fraction of sp³-hybridized carbons (Fsp3) is 0.174. The van der Waals surface area contributed by atoms with Gasteiger partial charge in [0.1, 0.15) is 5.82 Å². The molecule has 0 saturated carbocycles. The number of hydrogen-bond acceptors (Lipinski definition) is 4. The first-order chi connectivity index (χ1) is 14.5. The van der Waals surface area contributed by atoms with Crippen molar-refractivity contribution in [1.29, 1.82) is 0 Å². The van der Waals surface area contributed by atoms with Crippen LogP contribution in [0.1, 0.15) is 26.6 Å². The molecule has 0 saturated heterocycles. The predicted molar refractivity (Wildman–Crippen MR) is 117 cm³/mol. The molecule has 0 spiro atoms. The number of rotatable bonds is 6. The SMILES string of the molecule is Cc1nc(-c2ccc(CCNC(=O)c3cnn(-c4ccc(F)cc4)c3C)cc2)cs1. The third-order valence-electron chi connectivity index (χ3n) is 4.89. The van der Waals surface area contributed by atoms with Gasteiger partial charge in [0.15, 0.2) is 0 Å². The Morgan fingerprint density at radius 1 is 1.10 bits per heavy atom. The second-order valence-electron chi connectivity index (χ2n) is 6.99. The Hall–Kier alpha value is -3.32. The first kappa shape index (κ1) is 20.0. The number of nitrogens with zero attached hydrogens (tertiary/aromatic N) is 3. The molecule has 30 heavy (non-hydrogen) atoms. The molecule has 0 radical (unpaired) electrons. The largest absolute Gasteiger partial charge is 0.352 e. The smallest absolute Gasteiger partial charge is 0.254 e. The van der Waals surface area contributed by atoms with Gasteiger partial charge >= 0.3 is 0 Å². The number of benzene rings is 2. The van der Waals surface area contributed by atoms with Crippen LogP contribution in [0.15, 0.2) is 60.1 Å². The molecule has 4 rings (SSSR count). The lowest BCUT2D eigenvalue weighted by molar-refractivity contribution is 0.0953. The first-order valence-corrected chi connectivity index (χ1v) is 10.5.